The molecule has 4 nitrogen and oxygen atoms in total. The predicted molar refractivity (Wildman–Crippen MR) is 81.2 cm³/mol. The largest absolute Gasteiger partial charge is 0.374 e. The average Bonchev–Trinajstić information content (AvgIpc) is 3.01. The number of aromatic nitrogens is 2. The number of nitrogens with one attached hydrogen (secondary N) is 1. The van der Waals surface area contributed by atoms with Gasteiger partial charge in [0.25, 0.3) is 0 Å². The highest BCUT2D eigenvalue weighted by Gasteiger charge is 2.40. The third-order valence-electron chi connectivity index (χ3n) is 3.82. The summed E-state index contributed by atoms with van der Waals surface area (Å²) in [6.07, 6.45) is 5.56. The fourth-order valence-electron chi connectivity index (χ4n) is 2.82. The average molecular weight is 299 g/mol. The Bertz CT molecular complexity index is 418. The molecule has 0 amide bonds. The Labute approximate surface area is 122 Å². The number of hydrogen-bond acceptors (Lipinski definition) is 6. The molecule has 0 radical (unpaired) electrons. The van der Waals surface area contributed by atoms with Crippen LogP contribution in [0.5, 0.6) is 0 Å². The lowest BCUT2D eigenvalue weighted by Gasteiger charge is -2.37. The summed E-state index contributed by atoms with van der Waals surface area (Å²) in [6.45, 7) is 3.05. The molecule has 6 heteroatoms. The molecule has 1 aromatic rings. The summed E-state index contributed by atoms with van der Waals surface area (Å²) in [7, 11) is 0. The van der Waals surface area contributed by atoms with Crippen molar-refractivity contribution >= 4 is 28.2 Å². The number of thioether (sulfide) groups is 1. The van der Waals surface area contributed by atoms with Crippen LogP contribution in [0.4, 0.5) is 5.13 Å². The first kappa shape index (κ1) is 13.6. The van der Waals surface area contributed by atoms with Gasteiger partial charge in [-0.1, -0.05) is 18.3 Å². The molecule has 2 atom stereocenters. The smallest absolute Gasteiger partial charge is 0.205 e. The van der Waals surface area contributed by atoms with Crippen molar-refractivity contribution in [3.05, 3.63) is 5.01 Å². The highest BCUT2D eigenvalue weighted by molar-refractivity contribution is 7.99. The van der Waals surface area contributed by atoms with Gasteiger partial charge >= 0.3 is 0 Å². The van der Waals surface area contributed by atoms with Crippen molar-refractivity contribution in [1.82, 2.24) is 10.2 Å². The van der Waals surface area contributed by atoms with E-state index in [1.165, 1.54) is 12.2 Å². The molecule has 2 fully saturated rings. The number of anilines is 1. The SMILES string of the molecule is CCCc1nnc(N[C@@H]2CCO[C@]3(CCSC3)C2)s1. The molecule has 106 valence electrons. The molecule has 1 aromatic heterocycles. The summed E-state index contributed by atoms with van der Waals surface area (Å²) in [6, 6.07) is 0.495. The van der Waals surface area contributed by atoms with Crippen LogP contribution >= 0.6 is 23.1 Å². The first-order chi connectivity index (χ1) is 9.30. The highest BCUT2D eigenvalue weighted by Crippen LogP contribution is 2.39. The van der Waals surface area contributed by atoms with Crippen LogP contribution in [0.2, 0.25) is 0 Å². The van der Waals surface area contributed by atoms with Gasteiger partial charge in [-0.2, -0.15) is 11.8 Å². The van der Waals surface area contributed by atoms with Crippen LogP contribution in [0.15, 0.2) is 0 Å². The Morgan fingerprint density at radius 1 is 1.47 bits per heavy atom. The number of hydrogen-bond donors (Lipinski definition) is 1. The van der Waals surface area contributed by atoms with E-state index < -0.39 is 0 Å². The molecule has 2 aliphatic heterocycles. The van der Waals surface area contributed by atoms with Crippen LogP contribution in [0.25, 0.3) is 0 Å². The van der Waals surface area contributed by atoms with E-state index in [1.54, 1.807) is 11.3 Å². The van der Waals surface area contributed by atoms with Gasteiger partial charge in [-0.3, -0.25) is 0 Å². The Balaban J connectivity index is 1.59. The molecular weight excluding hydrogens is 278 g/mol. The van der Waals surface area contributed by atoms with Crippen LogP contribution < -0.4 is 5.32 Å². The summed E-state index contributed by atoms with van der Waals surface area (Å²) in [5.41, 5.74) is 0.136. The third-order valence-corrected chi connectivity index (χ3v) is 5.96. The zero-order chi connectivity index (χ0) is 13.1. The van der Waals surface area contributed by atoms with Crippen molar-refractivity contribution in [3.63, 3.8) is 0 Å². The molecule has 19 heavy (non-hydrogen) atoms. The third kappa shape index (κ3) is 3.23. The minimum absolute atomic E-state index is 0.136. The van der Waals surface area contributed by atoms with Gasteiger partial charge in [0.1, 0.15) is 5.01 Å². The van der Waals surface area contributed by atoms with E-state index in [2.05, 4.69) is 22.4 Å². The number of ether oxygens (including phenoxy) is 1. The summed E-state index contributed by atoms with van der Waals surface area (Å²) in [5.74, 6) is 2.40. The summed E-state index contributed by atoms with van der Waals surface area (Å²) < 4.78 is 6.04. The maximum atomic E-state index is 6.04. The van der Waals surface area contributed by atoms with E-state index in [0.717, 1.165) is 48.2 Å². The molecule has 1 N–H and O–H groups in total. The quantitative estimate of drug-likeness (QED) is 0.926. The van der Waals surface area contributed by atoms with Crippen molar-refractivity contribution in [2.24, 2.45) is 0 Å². The standard InChI is InChI=1S/C13H21N3OS2/c1-2-3-11-15-16-12(19-11)14-10-4-6-17-13(8-10)5-7-18-9-13/h10H,2-9H2,1H3,(H,14,16)/t10-,13-/m1/s1. The van der Waals surface area contributed by atoms with E-state index >= 15 is 0 Å². The van der Waals surface area contributed by atoms with Gasteiger partial charge in [0.2, 0.25) is 5.13 Å². The zero-order valence-electron chi connectivity index (χ0n) is 11.4. The maximum Gasteiger partial charge on any atom is 0.205 e. The van der Waals surface area contributed by atoms with Crippen molar-refractivity contribution in [3.8, 4) is 0 Å². The van der Waals surface area contributed by atoms with E-state index in [0.29, 0.717) is 6.04 Å². The van der Waals surface area contributed by atoms with Crippen molar-refractivity contribution in [2.45, 2.75) is 50.7 Å². The number of rotatable bonds is 4. The van der Waals surface area contributed by atoms with Gasteiger partial charge in [-0.25, -0.2) is 0 Å². The van der Waals surface area contributed by atoms with Gasteiger partial charge < -0.3 is 10.1 Å². The lowest BCUT2D eigenvalue weighted by Crippen LogP contribution is -2.44. The Morgan fingerprint density at radius 3 is 3.21 bits per heavy atom. The molecule has 3 heterocycles. The molecule has 0 bridgehead atoms. The second kappa shape index (κ2) is 5.97. The fourth-order valence-corrected chi connectivity index (χ4v) is 5.11. The highest BCUT2D eigenvalue weighted by atomic mass is 32.2. The molecule has 0 saturated carbocycles. The second-order valence-electron chi connectivity index (χ2n) is 5.42. The van der Waals surface area contributed by atoms with Gasteiger partial charge in [-0.05, 0) is 31.4 Å². The van der Waals surface area contributed by atoms with E-state index in [-0.39, 0.29) is 5.60 Å². The van der Waals surface area contributed by atoms with Crippen molar-refractivity contribution in [2.75, 3.05) is 23.4 Å². The molecule has 0 unspecified atom stereocenters. The lowest BCUT2D eigenvalue weighted by atomic mass is 9.90. The molecule has 1 spiro atoms. The Kier molecular flexibility index (Phi) is 4.29. The Morgan fingerprint density at radius 2 is 2.42 bits per heavy atom. The van der Waals surface area contributed by atoms with Crippen LogP contribution in [0.1, 0.15) is 37.6 Å². The van der Waals surface area contributed by atoms with Crippen LogP contribution in [0.3, 0.4) is 0 Å². The predicted octanol–water partition coefficient (Wildman–Crippen LogP) is 2.96. The zero-order valence-corrected chi connectivity index (χ0v) is 13.0. The van der Waals surface area contributed by atoms with Gasteiger partial charge in [0.15, 0.2) is 0 Å². The van der Waals surface area contributed by atoms with Crippen LogP contribution in [-0.4, -0.2) is 40.0 Å². The molecule has 2 saturated heterocycles. The molecule has 0 aliphatic carbocycles. The monoisotopic (exact) mass is 299 g/mol. The minimum atomic E-state index is 0.136. The first-order valence-electron chi connectivity index (χ1n) is 7.10. The van der Waals surface area contributed by atoms with Gasteiger partial charge in [-0.15, -0.1) is 10.2 Å². The second-order valence-corrected chi connectivity index (χ2v) is 7.59. The lowest BCUT2D eigenvalue weighted by molar-refractivity contribution is -0.0628. The summed E-state index contributed by atoms with van der Waals surface area (Å²) in [4.78, 5) is 0. The van der Waals surface area contributed by atoms with Crippen LogP contribution in [-0.2, 0) is 11.2 Å². The van der Waals surface area contributed by atoms with E-state index in [9.17, 15) is 0 Å². The van der Waals surface area contributed by atoms with Gasteiger partial charge in [0, 0.05) is 24.8 Å². The summed E-state index contributed by atoms with van der Waals surface area (Å²) in [5, 5.41) is 14.2. The van der Waals surface area contributed by atoms with E-state index in [4.69, 9.17) is 4.74 Å². The van der Waals surface area contributed by atoms with Crippen molar-refractivity contribution in [1.29, 1.82) is 0 Å². The molecule has 2 aliphatic rings. The molecule has 0 aromatic carbocycles. The topological polar surface area (TPSA) is 47.0 Å². The number of nitrogens with zero attached hydrogens (tertiary/aromatic N) is 2. The maximum absolute atomic E-state index is 6.04. The first-order valence-corrected chi connectivity index (χ1v) is 9.07. The van der Waals surface area contributed by atoms with Crippen LogP contribution in [0, 0.1) is 0 Å². The summed E-state index contributed by atoms with van der Waals surface area (Å²) >= 11 is 3.72. The molecular formula is C13H21N3OS2. The number of aryl methyl sites for hydroxylation is 1. The van der Waals surface area contributed by atoms with Crippen molar-refractivity contribution < 1.29 is 4.74 Å². The fraction of sp³-hybridized carbons (Fsp3) is 0.846. The van der Waals surface area contributed by atoms with Gasteiger partial charge in [0.05, 0.1) is 5.60 Å². The minimum Gasteiger partial charge on any atom is -0.374 e. The normalized spacial score (nSPS) is 30.9. The molecule has 3 rings (SSSR count). The van der Waals surface area contributed by atoms with E-state index in [1.807, 2.05) is 11.8 Å². The Hall–Kier alpha value is -0.330.